The van der Waals surface area contributed by atoms with Crippen molar-refractivity contribution in [3.63, 3.8) is 0 Å². The van der Waals surface area contributed by atoms with E-state index >= 15 is 0 Å². The van der Waals surface area contributed by atoms with E-state index in [1.54, 1.807) is 38.1 Å². The molecule has 0 saturated carbocycles. The SMILES string of the molecule is COCCOC(=O)c1c(C)[nH]c(C(=O)N(CC(=O)OC)Cc2ccc(Cl)cc2)c1C. The number of hydrogen-bond donors (Lipinski definition) is 1. The zero-order valence-corrected chi connectivity index (χ0v) is 18.2. The number of carbonyl (C=O) groups excluding carboxylic acids is 3. The van der Waals surface area contributed by atoms with Crippen LogP contribution in [0.3, 0.4) is 0 Å². The summed E-state index contributed by atoms with van der Waals surface area (Å²) in [5.74, 6) is -1.54. The molecule has 0 unspecified atom stereocenters. The number of nitrogens with zero attached hydrogens (tertiary/aromatic N) is 1. The highest BCUT2D eigenvalue weighted by Gasteiger charge is 2.27. The molecule has 0 saturated heterocycles. The number of amides is 1. The van der Waals surface area contributed by atoms with E-state index in [0.717, 1.165) is 5.56 Å². The molecule has 0 fully saturated rings. The van der Waals surface area contributed by atoms with Gasteiger partial charge in [-0.25, -0.2) is 4.79 Å². The molecule has 30 heavy (non-hydrogen) atoms. The lowest BCUT2D eigenvalue weighted by molar-refractivity contribution is -0.141. The lowest BCUT2D eigenvalue weighted by Crippen LogP contribution is -2.36. The smallest absolute Gasteiger partial charge is 0.340 e. The number of hydrogen-bond acceptors (Lipinski definition) is 6. The number of rotatable bonds is 9. The van der Waals surface area contributed by atoms with E-state index in [0.29, 0.717) is 21.8 Å². The first-order chi connectivity index (χ1) is 14.3. The molecule has 0 atom stereocenters. The van der Waals surface area contributed by atoms with Crippen molar-refractivity contribution in [3.05, 3.63) is 57.4 Å². The maximum atomic E-state index is 13.2. The van der Waals surface area contributed by atoms with Crippen LogP contribution in [-0.2, 0) is 25.5 Å². The predicted molar refractivity (Wildman–Crippen MR) is 111 cm³/mol. The molecule has 8 nitrogen and oxygen atoms in total. The second kappa shape index (κ2) is 10.8. The summed E-state index contributed by atoms with van der Waals surface area (Å²) in [6.07, 6.45) is 0. The van der Waals surface area contributed by atoms with Crippen LogP contribution in [-0.4, -0.2) is 61.7 Å². The summed E-state index contributed by atoms with van der Waals surface area (Å²) in [5.41, 5.74) is 2.24. The van der Waals surface area contributed by atoms with E-state index in [2.05, 4.69) is 4.98 Å². The van der Waals surface area contributed by atoms with Gasteiger partial charge in [0, 0.05) is 24.4 Å². The number of esters is 2. The summed E-state index contributed by atoms with van der Waals surface area (Å²) < 4.78 is 14.8. The van der Waals surface area contributed by atoms with Gasteiger partial charge in [0.05, 0.1) is 19.3 Å². The largest absolute Gasteiger partial charge is 0.468 e. The number of halogens is 1. The standard InChI is InChI=1S/C21H25ClN2O6/c1-13-18(21(27)30-10-9-28-3)14(2)23-19(13)20(26)24(12-17(25)29-4)11-15-5-7-16(22)8-6-15/h5-8,23H,9-12H2,1-4H3. The molecule has 1 aromatic carbocycles. The molecule has 9 heteroatoms. The second-order valence-electron chi connectivity index (χ2n) is 6.62. The van der Waals surface area contributed by atoms with Crippen molar-refractivity contribution in [2.45, 2.75) is 20.4 Å². The van der Waals surface area contributed by atoms with Gasteiger partial charge in [0.1, 0.15) is 18.8 Å². The Morgan fingerprint density at radius 3 is 2.33 bits per heavy atom. The van der Waals surface area contributed by atoms with Crippen LogP contribution in [0.1, 0.15) is 37.7 Å². The zero-order valence-electron chi connectivity index (χ0n) is 17.4. The fraction of sp³-hybridized carbons (Fsp3) is 0.381. The van der Waals surface area contributed by atoms with Crippen LogP contribution >= 0.6 is 11.6 Å². The fourth-order valence-electron chi connectivity index (χ4n) is 2.95. The molecule has 0 aliphatic rings. The summed E-state index contributed by atoms with van der Waals surface area (Å²) in [6.45, 7) is 3.63. The Bertz CT molecular complexity index is 907. The summed E-state index contributed by atoms with van der Waals surface area (Å²) in [4.78, 5) is 41.8. The molecule has 162 valence electrons. The van der Waals surface area contributed by atoms with Crippen LogP contribution in [0.2, 0.25) is 5.02 Å². The van der Waals surface area contributed by atoms with E-state index in [1.165, 1.54) is 19.1 Å². The summed E-state index contributed by atoms with van der Waals surface area (Å²) >= 11 is 5.92. The zero-order chi connectivity index (χ0) is 22.3. The molecule has 0 aliphatic carbocycles. The first kappa shape index (κ1) is 23.4. The Hall–Kier alpha value is -2.84. The van der Waals surface area contributed by atoms with E-state index in [4.69, 9.17) is 25.8 Å². The molecule has 0 spiro atoms. The molecule has 1 heterocycles. The van der Waals surface area contributed by atoms with Crippen molar-refractivity contribution in [2.24, 2.45) is 0 Å². The first-order valence-electron chi connectivity index (χ1n) is 9.24. The molecule has 1 aromatic heterocycles. The van der Waals surface area contributed by atoms with E-state index in [-0.39, 0.29) is 32.0 Å². The number of methoxy groups -OCH3 is 2. The van der Waals surface area contributed by atoms with Crippen LogP contribution in [0.15, 0.2) is 24.3 Å². The van der Waals surface area contributed by atoms with Crippen LogP contribution in [0.4, 0.5) is 0 Å². The first-order valence-corrected chi connectivity index (χ1v) is 9.62. The van der Waals surface area contributed by atoms with Crippen molar-refractivity contribution < 1.29 is 28.6 Å². The number of aryl methyl sites for hydroxylation is 1. The fourth-order valence-corrected chi connectivity index (χ4v) is 3.07. The predicted octanol–water partition coefficient (Wildman–Crippen LogP) is 2.90. The second-order valence-corrected chi connectivity index (χ2v) is 7.05. The topological polar surface area (TPSA) is 97.9 Å². The molecular weight excluding hydrogens is 412 g/mol. The lowest BCUT2D eigenvalue weighted by atomic mass is 10.1. The van der Waals surface area contributed by atoms with Gasteiger partial charge in [-0.1, -0.05) is 23.7 Å². The Kier molecular flexibility index (Phi) is 8.44. The maximum absolute atomic E-state index is 13.2. The third kappa shape index (κ3) is 5.84. The number of aromatic amines is 1. The number of aromatic nitrogens is 1. The number of nitrogens with one attached hydrogen (secondary N) is 1. The number of H-pyrrole nitrogens is 1. The van der Waals surface area contributed by atoms with Crippen molar-refractivity contribution in [3.8, 4) is 0 Å². The average molecular weight is 437 g/mol. The van der Waals surface area contributed by atoms with E-state index in [9.17, 15) is 14.4 Å². The van der Waals surface area contributed by atoms with Crippen molar-refractivity contribution in [1.29, 1.82) is 0 Å². The molecule has 1 N–H and O–H groups in total. The van der Waals surface area contributed by atoms with Gasteiger partial charge >= 0.3 is 11.9 Å². The Labute approximate surface area is 180 Å². The summed E-state index contributed by atoms with van der Waals surface area (Å²) in [6, 6.07) is 6.95. The van der Waals surface area contributed by atoms with Crippen LogP contribution in [0, 0.1) is 13.8 Å². The van der Waals surface area contributed by atoms with Gasteiger partial charge in [-0.15, -0.1) is 0 Å². The van der Waals surface area contributed by atoms with Crippen LogP contribution in [0.5, 0.6) is 0 Å². The van der Waals surface area contributed by atoms with E-state index in [1.807, 2.05) is 0 Å². The minimum atomic E-state index is -0.558. The van der Waals surface area contributed by atoms with Crippen LogP contribution in [0.25, 0.3) is 0 Å². The molecule has 0 bridgehead atoms. The highest BCUT2D eigenvalue weighted by Crippen LogP contribution is 2.22. The van der Waals surface area contributed by atoms with Gasteiger partial charge in [-0.3, -0.25) is 9.59 Å². The highest BCUT2D eigenvalue weighted by atomic mass is 35.5. The van der Waals surface area contributed by atoms with Crippen molar-refractivity contribution >= 4 is 29.4 Å². The number of carbonyl (C=O) groups is 3. The minimum absolute atomic E-state index is 0.105. The third-order valence-corrected chi connectivity index (χ3v) is 4.75. The molecule has 0 radical (unpaired) electrons. The normalized spacial score (nSPS) is 10.6. The van der Waals surface area contributed by atoms with Crippen LogP contribution < -0.4 is 0 Å². The van der Waals surface area contributed by atoms with Gasteiger partial charge in [-0.2, -0.15) is 0 Å². The molecule has 0 aliphatic heterocycles. The minimum Gasteiger partial charge on any atom is -0.468 e. The summed E-state index contributed by atoms with van der Waals surface area (Å²) in [5, 5.41) is 0.567. The Balaban J connectivity index is 2.30. The van der Waals surface area contributed by atoms with Crippen molar-refractivity contribution in [1.82, 2.24) is 9.88 Å². The van der Waals surface area contributed by atoms with Gasteiger partial charge < -0.3 is 24.1 Å². The third-order valence-electron chi connectivity index (χ3n) is 4.50. The van der Waals surface area contributed by atoms with Gasteiger partial charge in [0.2, 0.25) is 0 Å². The van der Waals surface area contributed by atoms with Gasteiger partial charge in [-0.05, 0) is 37.1 Å². The molecule has 2 aromatic rings. The number of ether oxygens (including phenoxy) is 3. The number of benzene rings is 1. The van der Waals surface area contributed by atoms with E-state index < -0.39 is 17.8 Å². The van der Waals surface area contributed by atoms with Gasteiger partial charge in [0.25, 0.3) is 5.91 Å². The Morgan fingerprint density at radius 1 is 1.07 bits per heavy atom. The Morgan fingerprint density at radius 2 is 1.73 bits per heavy atom. The highest BCUT2D eigenvalue weighted by molar-refractivity contribution is 6.30. The average Bonchev–Trinajstić information content (AvgIpc) is 3.02. The van der Waals surface area contributed by atoms with Gasteiger partial charge in [0.15, 0.2) is 0 Å². The lowest BCUT2D eigenvalue weighted by Gasteiger charge is -2.21. The molecule has 2 rings (SSSR count). The molecular formula is C21H25ClN2O6. The quantitative estimate of drug-likeness (QED) is 0.479. The maximum Gasteiger partial charge on any atom is 0.340 e. The monoisotopic (exact) mass is 436 g/mol. The molecule has 1 amide bonds. The van der Waals surface area contributed by atoms with Crippen molar-refractivity contribution in [2.75, 3.05) is 34.0 Å². The summed E-state index contributed by atoms with van der Waals surface area (Å²) in [7, 11) is 2.76.